The Balaban J connectivity index is 0.716. The van der Waals surface area contributed by atoms with E-state index in [1.807, 2.05) is 55.5 Å². The second-order valence-electron chi connectivity index (χ2n) is 16.8. The van der Waals surface area contributed by atoms with Crippen molar-refractivity contribution in [1.29, 1.82) is 5.26 Å². The van der Waals surface area contributed by atoms with Crippen LogP contribution in [-0.4, -0.2) is 110 Å². The van der Waals surface area contributed by atoms with E-state index < -0.39 is 11.9 Å². The normalized spacial score (nSPS) is 17.6. The number of piperazine rings is 1. The molecule has 6 heterocycles. The van der Waals surface area contributed by atoms with Crippen LogP contribution in [0, 0.1) is 24.2 Å². The molecule has 6 aromatic rings. The molecule has 3 aromatic carbocycles. The van der Waals surface area contributed by atoms with Crippen molar-refractivity contribution in [1.82, 2.24) is 44.6 Å². The molecule has 0 saturated carbocycles. The summed E-state index contributed by atoms with van der Waals surface area (Å²) in [5.41, 5.74) is 4.73. The van der Waals surface area contributed by atoms with Gasteiger partial charge < -0.3 is 14.5 Å². The van der Waals surface area contributed by atoms with Gasteiger partial charge in [-0.05, 0) is 87.2 Å². The smallest absolute Gasteiger partial charge is 0.275 e. The van der Waals surface area contributed by atoms with Gasteiger partial charge in [0.1, 0.15) is 6.04 Å². The highest BCUT2D eigenvalue weighted by Gasteiger charge is 2.31. The Morgan fingerprint density at radius 3 is 2.30 bits per heavy atom. The summed E-state index contributed by atoms with van der Waals surface area (Å²) in [5, 5.41) is 22.0. The summed E-state index contributed by atoms with van der Waals surface area (Å²) in [7, 11) is 0. The SMILES string of the molecule is Cc1nn(C2CCC(=O)NC2=O)c(=O)c2cc(N3CCN(CCN4CCC(COc5cnc(-c6cccc(Cn7nc(-c8cccc(C#N)c8)ccc7=O)c6)nc5)CC4)CC3)ccc12. The number of benzene rings is 3. The summed E-state index contributed by atoms with van der Waals surface area (Å²) < 4.78 is 8.83. The van der Waals surface area contributed by atoms with Crippen LogP contribution >= 0.6 is 0 Å². The van der Waals surface area contributed by atoms with Gasteiger partial charge in [-0.3, -0.25) is 29.4 Å². The van der Waals surface area contributed by atoms with E-state index in [0.717, 1.165) is 93.0 Å². The van der Waals surface area contributed by atoms with E-state index in [1.165, 1.54) is 15.4 Å². The summed E-state index contributed by atoms with van der Waals surface area (Å²) in [6.07, 6.45) is 6.00. The molecule has 0 aliphatic carbocycles. The average Bonchev–Trinajstić information content (AvgIpc) is 3.33. The number of imide groups is 1. The van der Waals surface area contributed by atoms with Crippen LogP contribution in [0.25, 0.3) is 33.4 Å². The summed E-state index contributed by atoms with van der Waals surface area (Å²) >= 11 is 0. The molecule has 9 rings (SSSR count). The number of fused-ring (bicyclic) bond motifs is 1. The van der Waals surface area contributed by atoms with Crippen molar-refractivity contribution < 1.29 is 14.3 Å². The summed E-state index contributed by atoms with van der Waals surface area (Å²) in [6.45, 7) is 10.4. The van der Waals surface area contributed by atoms with Gasteiger partial charge in [0.05, 0.1) is 54.0 Å². The van der Waals surface area contributed by atoms with Gasteiger partial charge in [-0.15, -0.1) is 0 Å². The average molecular weight is 860 g/mol. The second kappa shape index (κ2) is 18.7. The summed E-state index contributed by atoms with van der Waals surface area (Å²) in [4.78, 5) is 67.1. The highest BCUT2D eigenvalue weighted by atomic mass is 16.5. The topological polar surface area (TPSA) is 184 Å². The third-order valence-corrected chi connectivity index (χ3v) is 12.6. The van der Waals surface area contributed by atoms with Crippen LogP contribution in [0.3, 0.4) is 0 Å². The first-order valence-electron chi connectivity index (χ1n) is 21.9. The molecule has 1 N–H and O–H groups in total. The van der Waals surface area contributed by atoms with Crippen LogP contribution in [0.4, 0.5) is 5.69 Å². The zero-order valence-electron chi connectivity index (χ0n) is 35.7. The minimum Gasteiger partial charge on any atom is -0.490 e. The molecule has 326 valence electrons. The zero-order valence-corrected chi connectivity index (χ0v) is 35.7. The number of hydrogen-bond acceptors (Lipinski definition) is 13. The maximum atomic E-state index is 13.6. The summed E-state index contributed by atoms with van der Waals surface area (Å²) in [6, 6.07) is 25.3. The summed E-state index contributed by atoms with van der Waals surface area (Å²) in [5.74, 6) is 0.842. The van der Waals surface area contributed by atoms with Gasteiger partial charge in [0, 0.05) is 74.0 Å². The predicted octanol–water partition coefficient (Wildman–Crippen LogP) is 4.20. The molecule has 3 saturated heterocycles. The van der Waals surface area contributed by atoms with Crippen LogP contribution in [0.2, 0.25) is 0 Å². The van der Waals surface area contributed by atoms with Gasteiger partial charge in [-0.25, -0.2) is 19.3 Å². The lowest BCUT2D eigenvalue weighted by molar-refractivity contribution is -0.136. The number of aromatic nitrogens is 6. The molecular formula is C48H49N11O5. The number of carbonyl (C=O) groups is 2. The highest BCUT2D eigenvalue weighted by molar-refractivity contribution is 5.99. The number of anilines is 1. The predicted molar refractivity (Wildman–Crippen MR) is 241 cm³/mol. The number of nitriles is 1. The van der Waals surface area contributed by atoms with Crippen LogP contribution < -0.4 is 26.1 Å². The van der Waals surface area contributed by atoms with Crippen LogP contribution in [0.15, 0.2) is 101 Å². The molecule has 16 nitrogen and oxygen atoms in total. The van der Waals surface area contributed by atoms with Crippen molar-refractivity contribution in [2.24, 2.45) is 5.92 Å². The minimum absolute atomic E-state index is 0.180. The lowest BCUT2D eigenvalue weighted by Gasteiger charge is -2.38. The Morgan fingerprint density at radius 1 is 0.781 bits per heavy atom. The number of hydrogen-bond donors (Lipinski definition) is 1. The van der Waals surface area contributed by atoms with Gasteiger partial charge in [0.25, 0.3) is 17.0 Å². The lowest BCUT2D eigenvalue weighted by Crippen LogP contribution is -2.49. The molecule has 0 spiro atoms. The van der Waals surface area contributed by atoms with E-state index in [1.54, 1.807) is 36.7 Å². The Labute approximate surface area is 369 Å². The standard InChI is InChI=1S/C48H49N11O5/c1-32-40-9-8-38(26-41(40)48(63)59(53-32)43-11-12-44(60)52-47(43)62)57-22-20-56(21-23-57)19-18-55-16-14-33(15-17-55)31-64-39-28-50-46(51-29-39)37-7-3-5-35(25-37)30-58-45(61)13-10-42(54-58)36-6-2-4-34(24-36)27-49/h2-10,13,24-26,28-29,33,43H,11-12,14-23,30-31H2,1H3,(H,52,60,62). The quantitative estimate of drug-likeness (QED) is 0.173. The zero-order chi connectivity index (χ0) is 44.2. The second-order valence-corrected chi connectivity index (χ2v) is 16.8. The van der Waals surface area contributed by atoms with Gasteiger partial charge >= 0.3 is 0 Å². The first kappa shape index (κ1) is 42.2. The Bertz CT molecular complexity index is 2860. The molecule has 3 aliphatic rings. The number of likely N-dealkylation sites (tertiary alicyclic amines) is 1. The third-order valence-electron chi connectivity index (χ3n) is 12.6. The van der Waals surface area contributed by atoms with Gasteiger partial charge in [-0.2, -0.15) is 15.5 Å². The molecule has 2 amide bonds. The number of aryl methyl sites for hydroxylation is 1. The maximum absolute atomic E-state index is 13.6. The van der Waals surface area contributed by atoms with Crippen molar-refractivity contribution in [3.63, 3.8) is 0 Å². The largest absolute Gasteiger partial charge is 0.490 e. The van der Waals surface area contributed by atoms with Gasteiger partial charge in [0.2, 0.25) is 5.91 Å². The van der Waals surface area contributed by atoms with Crippen LogP contribution in [0.1, 0.15) is 48.5 Å². The monoisotopic (exact) mass is 859 g/mol. The minimum atomic E-state index is -0.795. The molecule has 3 aliphatic heterocycles. The van der Waals surface area contributed by atoms with Gasteiger partial charge in [-0.1, -0.05) is 36.4 Å². The fourth-order valence-electron chi connectivity index (χ4n) is 8.82. The fourth-order valence-corrected chi connectivity index (χ4v) is 8.82. The molecule has 0 radical (unpaired) electrons. The number of rotatable bonds is 12. The van der Waals surface area contributed by atoms with E-state index in [2.05, 4.69) is 46.3 Å². The maximum Gasteiger partial charge on any atom is 0.275 e. The lowest BCUT2D eigenvalue weighted by atomic mass is 9.98. The third kappa shape index (κ3) is 9.46. The van der Waals surface area contributed by atoms with Crippen molar-refractivity contribution in [2.75, 3.05) is 63.9 Å². The van der Waals surface area contributed by atoms with E-state index in [-0.39, 0.29) is 36.4 Å². The van der Waals surface area contributed by atoms with Crippen molar-refractivity contribution >= 4 is 28.3 Å². The highest BCUT2D eigenvalue weighted by Crippen LogP contribution is 2.26. The number of carbonyl (C=O) groups excluding carboxylic acids is 2. The van der Waals surface area contributed by atoms with E-state index >= 15 is 0 Å². The molecule has 64 heavy (non-hydrogen) atoms. The van der Waals surface area contributed by atoms with Crippen LogP contribution in [-0.2, 0) is 16.1 Å². The van der Waals surface area contributed by atoms with Gasteiger partial charge in [0.15, 0.2) is 11.6 Å². The Morgan fingerprint density at radius 2 is 1.53 bits per heavy atom. The first-order chi connectivity index (χ1) is 31.2. The van der Waals surface area contributed by atoms with Crippen LogP contribution in [0.5, 0.6) is 5.75 Å². The number of ether oxygens (including phenoxy) is 1. The first-order valence-corrected chi connectivity index (χ1v) is 21.9. The van der Waals surface area contributed by atoms with E-state index in [9.17, 15) is 24.4 Å². The fraction of sp³-hybridized carbons (Fsp3) is 0.354. The molecule has 16 heteroatoms. The molecule has 1 atom stereocenters. The number of nitrogens with one attached hydrogen (secondary N) is 1. The molecular weight excluding hydrogens is 811 g/mol. The van der Waals surface area contributed by atoms with Crippen molar-refractivity contribution in [3.05, 3.63) is 129 Å². The van der Waals surface area contributed by atoms with E-state index in [4.69, 9.17) is 4.74 Å². The molecule has 3 fully saturated rings. The molecule has 0 bridgehead atoms. The molecule has 3 aromatic heterocycles. The number of amides is 2. The van der Waals surface area contributed by atoms with E-state index in [0.29, 0.717) is 46.4 Å². The Hall–Kier alpha value is -7.09. The molecule has 1 unspecified atom stereocenters. The van der Waals surface area contributed by atoms with Crippen molar-refractivity contribution in [2.45, 2.75) is 45.2 Å². The number of nitrogens with zero attached hydrogens (tertiary/aromatic N) is 10. The number of piperidine rings is 2. The van der Waals surface area contributed by atoms with Crippen molar-refractivity contribution in [3.8, 4) is 34.5 Å². The Kier molecular flexibility index (Phi) is 12.3.